The maximum Gasteiger partial charge on any atom is 0.126 e. The number of aliphatic hydroxyl groups is 1. The molecular weight excluding hydrogens is 215 g/mol. The molecule has 0 unspecified atom stereocenters. The van der Waals surface area contributed by atoms with Crippen LogP contribution < -0.4 is 0 Å². The molecule has 0 aromatic heterocycles. The van der Waals surface area contributed by atoms with Crippen LogP contribution in [0.15, 0.2) is 18.2 Å². The Morgan fingerprint density at radius 1 is 1.18 bits per heavy atom. The van der Waals surface area contributed by atoms with Crippen LogP contribution in [0.4, 0.5) is 4.39 Å². The zero-order valence-corrected chi connectivity index (χ0v) is 10.7. The molecule has 0 aliphatic heterocycles. The summed E-state index contributed by atoms with van der Waals surface area (Å²) in [6.45, 7) is 3.96. The molecule has 1 aliphatic carbocycles. The first-order valence-corrected chi connectivity index (χ1v) is 6.55. The molecule has 1 aromatic rings. The van der Waals surface area contributed by atoms with Gasteiger partial charge in [0.25, 0.3) is 0 Å². The summed E-state index contributed by atoms with van der Waals surface area (Å²) in [5.41, 5.74) is 0.874. The van der Waals surface area contributed by atoms with Gasteiger partial charge in [-0.1, -0.05) is 39.2 Å². The molecule has 0 atom stereocenters. The summed E-state index contributed by atoms with van der Waals surface area (Å²) in [6, 6.07) is 5.09. The minimum atomic E-state index is -0.727. The minimum Gasteiger partial charge on any atom is -0.385 e. The summed E-state index contributed by atoms with van der Waals surface area (Å²) in [7, 11) is 0. The summed E-state index contributed by atoms with van der Waals surface area (Å²) in [4.78, 5) is 0. The molecule has 1 fully saturated rings. The van der Waals surface area contributed by atoms with E-state index in [1.807, 2.05) is 19.9 Å². The Balaban J connectivity index is 2.35. The molecule has 0 saturated heterocycles. The quantitative estimate of drug-likeness (QED) is 0.819. The van der Waals surface area contributed by atoms with Gasteiger partial charge in [0, 0.05) is 0 Å². The van der Waals surface area contributed by atoms with Crippen molar-refractivity contribution in [2.45, 2.75) is 57.5 Å². The third-order valence-corrected chi connectivity index (χ3v) is 3.84. The van der Waals surface area contributed by atoms with E-state index < -0.39 is 5.60 Å². The van der Waals surface area contributed by atoms with Crippen LogP contribution in [0.1, 0.15) is 63.0 Å². The summed E-state index contributed by atoms with van der Waals surface area (Å²) in [5.74, 6) is -0.00898. The SMILES string of the molecule is CC(C)c1cc(C2(O)CCCCC2)ccc1F. The molecule has 0 amide bonds. The Bertz CT molecular complexity index is 392. The van der Waals surface area contributed by atoms with Gasteiger partial charge in [0.1, 0.15) is 5.82 Å². The monoisotopic (exact) mass is 236 g/mol. The number of rotatable bonds is 2. The smallest absolute Gasteiger partial charge is 0.126 e. The first-order chi connectivity index (χ1) is 8.03. The van der Waals surface area contributed by atoms with Gasteiger partial charge in [-0.15, -0.1) is 0 Å². The van der Waals surface area contributed by atoms with Crippen LogP contribution >= 0.6 is 0 Å². The predicted octanol–water partition coefficient (Wildman–Crippen LogP) is 4.10. The third-order valence-electron chi connectivity index (χ3n) is 3.84. The molecule has 17 heavy (non-hydrogen) atoms. The lowest BCUT2D eigenvalue weighted by atomic mass is 9.79. The summed E-state index contributed by atoms with van der Waals surface area (Å²) in [6.07, 6.45) is 4.92. The van der Waals surface area contributed by atoms with Gasteiger partial charge in [-0.2, -0.15) is 0 Å². The van der Waals surface area contributed by atoms with Gasteiger partial charge < -0.3 is 5.11 Å². The summed E-state index contributed by atoms with van der Waals surface area (Å²) in [5, 5.41) is 10.6. The fraction of sp³-hybridized carbons (Fsp3) is 0.600. The Morgan fingerprint density at radius 3 is 2.41 bits per heavy atom. The van der Waals surface area contributed by atoms with Crippen LogP contribution in [-0.4, -0.2) is 5.11 Å². The van der Waals surface area contributed by atoms with Crippen molar-refractivity contribution in [1.29, 1.82) is 0 Å². The van der Waals surface area contributed by atoms with Crippen LogP contribution in [-0.2, 0) is 5.60 Å². The van der Waals surface area contributed by atoms with Gasteiger partial charge >= 0.3 is 0 Å². The standard InChI is InChI=1S/C15H21FO/c1-11(2)13-10-12(6-7-14(13)16)15(17)8-4-3-5-9-15/h6-7,10-11,17H,3-5,8-9H2,1-2H3. The van der Waals surface area contributed by atoms with Gasteiger partial charge in [-0.05, 0) is 42.0 Å². The lowest BCUT2D eigenvalue weighted by Gasteiger charge is -2.33. The van der Waals surface area contributed by atoms with Crippen LogP contribution in [0.25, 0.3) is 0 Å². The Hall–Kier alpha value is -0.890. The minimum absolute atomic E-state index is 0.155. The normalized spacial score (nSPS) is 19.6. The number of halogens is 1. The number of hydrogen-bond acceptors (Lipinski definition) is 1. The van der Waals surface area contributed by atoms with Crippen molar-refractivity contribution in [1.82, 2.24) is 0 Å². The van der Waals surface area contributed by atoms with Gasteiger partial charge in [0.05, 0.1) is 5.60 Å². The highest BCUT2D eigenvalue weighted by atomic mass is 19.1. The van der Waals surface area contributed by atoms with E-state index in [4.69, 9.17) is 0 Å². The Morgan fingerprint density at radius 2 is 1.82 bits per heavy atom. The first kappa shape index (κ1) is 12.6. The molecule has 2 rings (SSSR count). The molecule has 1 aliphatic rings. The lowest BCUT2D eigenvalue weighted by Crippen LogP contribution is -2.28. The highest BCUT2D eigenvalue weighted by Gasteiger charge is 2.31. The summed E-state index contributed by atoms with van der Waals surface area (Å²) >= 11 is 0. The fourth-order valence-electron chi connectivity index (χ4n) is 2.70. The van der Waals surface area contributed by atoms with E-state index >= 15 is 0 Å². The van der Waals surface area contributed by atoms with Crippen molar-refractivity contribution in [2.75, 3.05) is 0 Å². The number of benzene rings is 1. The van der Waals surface area contributed by atoms with E-state index in [0.717, 1.165) is 31.2 Å². The van der Waals surface area contributed by atoms with Crippen LogP contribution in [0, 0.1) is 5.82 Å². The Labute approximate surface area is 103 Å². The second-order valence-electron chi connectivity index (χ2n) is 5.48. The van der Waals surface area contributed by atoms with E-state index in [2.05, 4.69) is 0 Å². The highest BCUT2D eigenvalue weighted by Crippen LogP contribution is 2.38. The maximum atomic E-state index is 13.6. The van der Waals surface area contributed by atoms with Gasteiger partial charge in [0.15, 0.2) is 0 Å². The zero-order chi connectivity index (χ0) is 12.5. The number of hydrogen-bond donors (Lipinski definition) is 1. The van der Waals surface area contributed by atoms with Crippen LogP contribution in [0.5, 0.6) is 0 Å². The second kappa shape index (κ2) is 4.77. The van der Waals surface area contributed by atoms with Crippen molar-refractivity contribution in [2.24, 2.45) is 0 Å². The lowest BCUT2D eigenvalue weighted by molar-refractivity contribution is -0.000758. The van der Waals surface area contributed by atoms with Crippen molar-refractivity contribution < 1.29 is 9.50 Å². The van der Waals surface area contributed by atoms with E-state index in [-0.39, 0.29) is 11.7 Å². The largest absolute Gasteiger partial charge is 0.385 e. The first-order valence-electron chi connectivity index (χ1n) is 6.55. The topological polar surface area (TPSA) is 20.2 Å². The molecular formula is C15H21FO. The molecule has 0 spiro atoms. The highest BCUT2D eigenvalue weighted by molar-refractivity contribution is 5.31. The van der Waals surface area contributed by atoms with E-state index in [0.29, 0.717) is 5.56 Å². The van der Waals surface area contributed by atoms with Crippen LogP contribution in [0.2, 0.25) is 0 Å². The van der Waals surface area contributed by atoms with E-state index in [1.165, 1.54) is 12.5 Å². The van der Waals surface area contributed by atoms with Crippen LogP contribution in [0.3, 0.4) is 0 Å². The molecule has 1 aromatic carbocycles. The molecule has 1 N–H and O–H groups in total. The van der Waals surface area contributed by atoms with Gasteiger partial charge in [-0.25, -0.2) is 4.39 Å². The molecule has 0 heterocycles. The molecule has 0 bridgehead atoms. The molecule has 0 radical (unpaired) electrons. The van der Waals surface area contributed by atoms with Crippen molar-refractivity contribution in [3.8, 4) is 0 Å². The average Bonchev–Trinajstić information content (AvgIpc) is 2.30. The van der Waals surface area contributed by atoms with E-state index in [9.17, 15) is 9.50 Å². The summed E-state index contributed by atoms with van der Waals surface area (Å²) < 4.78 is 13.6. The average molecular weight is 236 g/mol. The Kier molecular flexibility index (Phi) is 3.53. The van der Waals surface area contributed by atoms with Gasteiger partial charge in [0.2, 0.25) is 0 Å². The molecule has 94 valence electrons. The van der Waals surface area contributed by atoms with Gasteiger partial charge in [-0.3, -0.25) is 0 Å². The zero-order valence-electron chi connectivity index (χ0n) is 10.7. The molecule has 1 nitrogen and oxygen atoms in total. The predicted molar refractivity (Wildman–Crippen MR) is 67.5 cm³/mol. The van der Waals surface area contributed by atoms with Crippen molar-refractivity contribution in [3.63, 3.8) is 0 Å². The van der Waals surface area contributed by atoms with Crippen molar-refractivity contribution >= 4 is 0 Å². The molecule has 2 heteroatoms. The van der Waals surface area contributed by atoms with E-state index in [1.54, 1.807) is 6.07 Å². The molecule has 1 saturated carbocycles. The third kappa shape index (κ3) is 2.52. The van der Waals surface area contributed by atoms with Crippen molar-refractivity contribution in [3.05, 3.63) is 35.1 Å². The second-order valence-corrected chi connectivity index (χ2v) is 5.48. The maximum absolute atomic E-state index is 13.6. The fourth-order valence-corrected chi connectivity index (χ4v) is 2.70.